The minimum Gasteiger partial charge on any atom is -0.459 e. The zero-order chi connectivity index (χ0) is 45.8. The van der Waals surface area contributed by atoms with Crippen LogP contribution in [-0.2, 0) is 49.3 Å². The lowest BCUT2D eigenvalue weighted by atomic mass is 9.74. The summed E-state index contributed by atoms with van der Waals surface area (Å²) in [5, 5.41) is 50.1. The third-order valence-corrected chi connectivity index (χ3v) is 13.3. The smallest absolute Gasteiger partial charge is 0.407 e. The summed E-state index contributed by atoms with van der Waals surface area (Å²) >= 11 is 0. The summed E-state index contributed by atoms with van der Waals surface area (Å²) in [5.41, 5.74) is -4.13. The molecule has 61 heavy (non-hydrogen) atoms. The molecule has 16 nitrogen and oxygen atoms in total. The van der Waals surface area contributed by atoms with Gasteiger partial charge in [-0.3, -0.25) is 9.59 Å². The standard InChI is InChI=1S/C45H74N2O14/c1-14-32-45(10,54)37(50)26(4)34(48)24(2)21-43(8,53)38(60-41-35(49)31(47(11)12)20-25(3)56-41)27(5)36(28(6)40(51)58-32)59-33-22-44(9,55-13)39(29(7)57-33)61-42(52)46-23-30-18-16-15-17-19-30/h15-19,24-29,31-33,35-39,41,49-50,53-54H,14,20-23H2,1-13H3,(H,46,52)/t24-,25-,26+,27+,28-,29+,31+,32-,33+,35+,36+,37+,38-,39-,41+,43+,44-,45-/m1/s1. The number of aliphatic hydroxyl groups is 4. The molecule has 0 unspecified atom stereocenters. The maximum Gasteiger partial charge on any atom is 0.407 e. The molecule has 0 bridgehead atoms. The summed E-state index contributed by atoms with van der Waals surface area (Å²) in [4.78, 5) is 43.2. The number of ether oxygens (including phenoxy) is 7. The molecule has 0 radical (unpaired) electrons. The largest absolute Gasteiger partial charge is 0.459 e. The van der Waals surface area contributed by atoms with Crippen molar-refractivity contribution in [3.63, 3.8) is 0 Å². The predicted octanol–water partition coefficient (Wildman–Crippen LogP) is 3.72. The second-order valence-electron chi connectivity index (χ2n) is 18.7. The number of aliphatic hydroxyl groups excluding tert-OH is 2. The summed E-state index contributed by atoms with van der Waals surface area (Å²) in [5.74, 6) is -5.19. The lowest BCUT2D eigenvalue weighted by Gasteiger charge is -2.49. The highest BCUT2D eigenvalue weighted by Crippen LogP contribution is 2.41. The van der Waals surface area contributed by atoms with E-state index in [1.54, 1.807) is 41.5 Å². The summed E-state index contributed by atoms with van der Waals surface area (Å²) in [6.45, 7) is 16.6. The fourth-order valence-corrected chi connectivity index (χ4v) is 9.55. The van der Waals surface area contributed by atoms with Gasteiger partial charge in [0.05, 0.1) is 42.0 Å². The van der Waals surface area contributed by atoms with E-state index in [-0.39, 0.29) is 38.0 Å². The Morgan fingerprint density at radius 1 is 0.918 bits per heavy atom. The van der Waals surface area contributed by atoms with Crippen LogP contribution in [0, 0.1) is 23.7 Å². The number of esters is 1. The van der Waals surface area contributed by atoms with Gasteiger partial charge in [-0.05, 0) is 80.5 Å². The average molecular weight is 867 g/mol. The molecular weight excluding hydrogens is 792 g/mol. The van der Waals surface area contributed by atoms with Gasteiger partial charge in [0.2, 0.25) is 0 Å². The number of Topliss-reactive ketones (excluding diaryl/α,β-unsaturated/α-hetero) is 1. The van der Waals surface area contributed by atoms with Crippen molar-refractivity contribution in [2.75, 3.05) is 21.2 Å². The van der Waals surface area contributed by atoms with Gasteiger partial charge in [-0.15, -0.1) is 0 Å². The minimum absolute atomic E-state index is 0.0335. The van der Waals surface area contributed by atoms with Crippen molar-refractivity contribution in [2.24, 2.45) is 23.7 Å². The Morgan fingerprint density at radius 3 is 2.15 bits per heavy atom. The van der Waals surface area contributed by atoms with Gasteiger partial charge in [0, 0.05) is 43.9 Å². The Labute approximate surface area is 361 Å². The third kappa shape index (κ3) is 11.9. The van der Waals surface area contributed by atoms with Crippen LogP contribution in [0.2, 0.25) is 0 Å². The highest BCUT2D eigenvalue weighted by atomic mass is 16.7. The number of benzene rings is 1. The van der Waals surface area contributed by atoms with Gasteiger partial charge < -0.3 is 63.8 Å². The zero-order valence-electron chi connectivity index (χ0n) is 38.4. The van der Waals surface area contributed by atoms with Gasteiger partial charge in [-0.25, -0.2) is 4.79 Å². The number of methoxy groups -OCH3 is 1. The Morgan fingerprint density at radius 2 is 1.56 bits per heavy atom. The number of carbonyl (C=O) groups excluding carboxylic acids is 3. The number of nitrogens with zero attached hydrogens (tertiary/aromatic N) is 1. The number of hydrogen-bond acceptors (Lipinski definition) is 15. The van der Waals surface area contributed by atoms with Crippen LogP contribution in [0.3, 0.4) is 0 Å². The van der Waals surface area contributed by atoms with Crippen molar-refractivity contribution in [1.82, 2.24) is 10.2 Å². The van der Waals surface area contributed by atoms with Gasteiger partial charge in [0.25, 0.3) is 0 Å². The number of rotatable bonds is 10. The highest BCUT2D eigenvalue weighted by Gasteiger charge is 2.54. The first-order chi connectivity index (χ1) is 28.4. The van der Waals surface area contributed by atoms with Crippen LogP contribution in [-0.4, -0.2) is 149 Å². The molecule has 3 fully saturated rings. The van der Waals surface area contributed by atoms with E-state index in [2.05, 4.69) is 5.32 Å². The van der Waals surface area contributed by atoms with Crippen molar-refractivity contribution < 1.29 is 68.0 Å². The highest BCUT2D eigenvalue weighted by molar-refractivity contribution is 5.83. The monoisotopic (exact) mass is 867 g/mol. The molecule has 0 saturated carbocycles. The molecule has 1 aromatic rings. The maximum absolute atomic E-state index is 14.3. The average Bonchev–Trinajstić information content (AvgIpc) is 3.20. The zero-order valence-corrected chi connectivity index (χ0v) is 38.4. The number of likely N-dealkylation sites (N-methyl/N-ethyl adjacent to an activating group) is 1. The van der Waals surface area contributed by atoms with Crippen molar-refractivity contribution >= 4 is 17.8 Å². The Balaban J connectivity index is 1.74. The van der Waals surface area contributed by atoms with Gasteiger partial charge >= 0.3 is 12.1 Å². The SMILES string of the molecule is CC[C@H]1OC(=O)[C@H](C)[C@@H](O[C@H]2C[C@@](C)(OC)[C@H](OC(=O)NCc3ccccc3)[C@H](C)O2)[C@H](C)[C@@H](O[C@@H]2O[C@H](C)C[C@H](N(C)C)[C@@H]2O)[C@@](C)(O)C[C@@H](C)C(=O)[C@H](C)[C@H](O)[C@]1(C)O. The fraction of sp³-hybridized carbons (Fsp3) is 0.800. The normalized spacial score (nSPS) is 43.3. The van der Waals surface area contributed by atoms with Crippen LogP contribution in [0.25, 0.3) is 0 Å². The fourth-order valence-electron chi connectivity index (χ4n) is 9.55. The molecule has 18 atom stereocenters. The van der Waals surface area contributed by atoms with Crippen molar-refractivity contribution in [1.29, 1.82) is 0 Å². The first-order valence-electron chi connectivity index (χ1n) is 21.7. The van der Waals surface area contributed by atoms with Crippen molar-refractivity contribution in [2.45, 2.75) is 186 Å². The number of ketones is 1. The molecule has 4 rings (SSSR count). The number of alkyl carbamates (subject to hydrolysis) is 1. The number of amides is 1. The number of cyclic esters (lactones) is 1. The summed E-state index contributed by atoms with van der Waals surface area (Å²) < 4.78 is 43.9. The first-order valence-corrected chi connectivity index (χ1v) is 21.7. The number of carbonyl (C=O) groups is 3. The van der Waals surface area contributed by atoms with E-state index in [4.69, 9.17) is 33.2 Å². The first kappa shape index (κ1) is 50.9. The number of nitrogens with one attached hydrogen (secondary N) is 1. The van der Waals surface area contributed by atoms with Crippen LogP contribution in [0.4, 0.5) is 4.79 Å². The van der Waals surface area contributed by atoms with Crippen molar-refractivity contribution in [3.05, 3.63) is 35.9 Å². The third-order valence-electron chi connectivity index (χ3n) is 13.3. The molecule has 3 aliphatic rings. The lowest BCUT2D eigenvalue weighted by Crippen LogP contribution is -2.61. The van der Waals surface area contributed by atoms with E-state index >= 15 is 0 Å². The molecule has 0 aromatic heterocycles. The van der Waals surface area contributed by atoms with E-state index in [1.165, 1.54) is 27.9 Å². The maximum atomic E-state index is 14.3. The van der Waals surface area contributed by atoms with Crippen LogP contribution in [0.1, 0.15) is 100 Å². The molecule has 1 amide bonds. The van der Waals surface area contributed by atoms with Crippen molar-refractivity contribution in [3.8, 4) is 0 Å². The molecule has 0 aliphatic carbocycles. The molecular formula is C45H74N2O14. The second-order valence-corrected chi connectivity index (χ2v) is 18.7. The van der Waals surface area contributed by atoms with E-state index in [9.17, 15) is 34.8 Å². The van der Waals surface area contributed by atoms with E-state index in [0.717, 1.165) is 5.56 Å². The molecule has 5 N–H and O–H groups in total. The second kappa shape index (κ2) is 20.8. The minimum atomic E-state index is -2.03. The van der Waals surface area contributed by atoms with Crippen LogP contribution < -0.4 is 5.32 Å². The van der Waals surface area contributed by atoms with E-state index in [1.807, 2.05) is 56.3 Å². The van der Waals surface area contributed by atoms with Gasteiger partial charge in [0.1, 0.15) is 29.2 Å². The molecule has 1 aromatic carbocycles. The van der Waals surface area contributed by atoms with Crippen LogP contribution in [0.5, 0.6) is 0 Å². The molecule has 0 spiro atoms. The molecule has 16 heteroatoms. The lowest BCUT2D eigenvalue weighted by molar-refractivity contribution is -0.317. The van der Waals surface area contributed by atoms with Gasteiger partial charge in [-0.2, -0.15) is 0 Å². The summed E-state index contributed by atoms with van der Waals surface area (Å²) in [6, 6.07) is 9.03. The topological polar surface area (TPSA) is 212 Å². The van der Waals surface area contributed by atoms with E-state index in [0.29, 0.717) is 6.42 Å². The van der Waals surface area contributed by atoms with Crippen LogP contribution in [0.15, 0.2) is 30.3 Å². The summed E-state index contributed by atoms with van der Waals surface area (Å²) in [7, 11) is 5.18. The Hall–Kier alpha value is -2.77. The van der Waals surface area contributed by atoms with Crippen LogP contribution >= 0.6 is 0 Å². The van der Waals surface area contributed by atoms with E-state index < -0.39 is 114 Å². The molecule has 3 aliphatic heterocycles. The Bertz CT molecular complexity index is 1600. The molecule has 3 heterocycles. The predicted molar refractivity (Wildman–Crippen MR) is 224 cm³/mol. The Kier molecular flexibility index (Phi) is 17.4. The van der Waals surface area contributed by atoms with Gasteiger partial charge in [0.15, 0.2) is 18.7 Å². The summed E-state index contributed by atoms with van der Waals surface area (Å²) in [6.07, 6.45) is -10.9. The number of hydrogen-bond donors (Lipinski definition) is 5. The quantitative estimate of drug-likeness (QED) is 0.212. The molecule has 348 valence electrons. The van der Waals surface area contributed by atoms with Gasteiger partial charge in [-0.1, -0.05) is 58.0 Å². The molecule has 3 saturated heterocycles.